The molecule has 0 aliphatic carbocycles. The van der Waals surface area contributed by atoms with Crippen LogP contribution in [-0.2, 0) is 39.9 Å². The second kappa shape index (κ2) is 25.8. The molecular formula is C32H23N10Na5O14S3. The number of carbonyl (C=O) groups excluding carboxylic acids is 2. The summed E-state index contributed by atoms with van der Waals surface area (Å²) in [7, 11) is -15.6. The summed E-state index contributed by atoms with van der Waals surface area (Å²) in [5.41, 5.74) is 8.97. The number of carboxylic acids is 2. The molecule has 0 amide bonds. The van der Waals surface area contributed by atoms with Gasteiger partial charge in [0.2, 0.25) is 0 Å². The summed E-state index contributed by atoms with van der Waals surface area (Å²) in [4.78, 5) is 18.9. The minimum Gasteiger partial charge on any atom is -0.744 e. The van der Waals surface area contributed by atoms with Gasteiger partial charge in [-0.05, 0) is 66.0 Å². The van der Waals surface area contributed by atoms with Crippen LogP contribution in [0.5, 0.6) is 5.75 Å². The number of azo groups is 3. The molecule has 0 aromatic heterocycles. The van der Waals surface area contributed by atoms with E-state index in [1.165, 1.54) is 42.5 Å². The van der Waals surface area contributed by atoms with Crippen LogP contribution in [0.15, 0.2) is 118 Å². The zero-order valence-electron chi connectivity index (χ0n) is 34.2. The molecule has 5 aromatic rings. The maximum Gasteiger partial charge on any atom is 1.00 e. The summed E-state index contributed by atoms with van der Waals surface area (Å²) >= 11 is 0. The molecule has 0 saturated heterocycles. The summed E-state index contributed by atoms with van der Waals surface area (Å²) < 4.78 is 108. The molecule has 0 spiro atoms. The van der Waals surface area contributed by atoms with E-state index < -0.39 is 92.9 Å². The Balaban J connectivity index is 0.00000794. The summed E-state index contributed by atoms with van der Waals surface area (Å²) in [6.07, 6.45) is 0. The maximum atomic E-state index is 12.2. The van der Waals surface area contributed by atoms with Crippen LogP contribution >= 0.6 is 0 Å². The number of nitrogens with zero attached hydrogens (tertiary/aromatic N) is 6. The minimum absolute atomic E-state index is 0. The molecule has 308 valence electrons. The molecular weight excluding hydrogens is 960 g/mol. The molecule has 0 aliphatic heterocycles. The number of rotatable bonds is 15. The Bertz CT molecular complexity index is 3000. The van der Waals surface area contributed by atoms with Gasteiger partial charge in [0.05, 0.1) is 79.5 Å². The van der Waals surface area contributed by atoms with E-state index in [2.05, 4.69) is 41.3 Å². The molecule has 64 heavy (non-hydrogen) atoms. The van der Waals surface area contributed by atoms with Crippen molar-refractivity contribution in [1.82, 2.24) is 0 Å². The zero-order chi connectivity index (χ0) is 43.4. The number of fused-ring (bicyclic) bond motifs is 1. The molecule has 0 aliphatic rings. The second-order valence-corrected chi connectivity index (χ2v) is 15.8. The monoisotopic (exact) mass is 982 g/mol. The van der Waals surface area contributed by atoms with Crippen LogP contribution in [0.2, 0.25) is 0 Å². The average Bonchev–Trinajstić information content (AvgIpc) is 3.13. The first-order chi connectivity index (χ1) is 27.5. The van der Waals surface area contributed by atoms with Crippen molar-refractivity contribution in [2.75, 3.05) is 35.2 Å². The third-order valence-corrected chi connectivity index (χ3v) is 10.2. The van der Waals surface area contributed by atoms with Gasteiger partial charge in [-0.25, -0.2) is 25.3 Å². The van der Waals surface area contributed by atoms with E-state index >= 15 is 0 Å². The van der Waals surface area contributed by atoms with E-state index in [9.17, 15) is 63.8 Å². The number of nitrogens with two attached hydrogens (primary N) is 2. The number of aliphatic carboxylic acids is 2. The van der Waals surface area contributed by atoms with Crippen molar-refractivity contribution in [2.24, 2.45) is 30.7 Å². The Hall–Kier alpha value is -2.17. The number of nitrogens with one attached hydrogen (secondary N) is 2. The van der Waals surface area contributed by atoms with E-state index in [1.54, 1.807) is 0 Å². The number of carbonyl (C=O) groups is 2. The van der Waals surface area contributed by atoms with Gasteiger partial charge in [-0.1, -0.05) is 12.1 Å². The molecule has 0 unspecified atom stereocenters. The van der Waals surface area contributed by atoms with Crippen molar-refractivity contribution < 1.29 is 212 Å². The van der Waals surface area contributed by atoms with Gasteiger partial charge >= 0.3 is 148 Å². The van der Waals surface area contributed by atoms with Crippen LogP contribution in [0.1, 0.15) is 0 Å². The Labute approximate surface area is 474 Å². The van der Waals surface area contributed by atoms with Gasteiger partial charge in [-0.2, -0.15) is 15.3 Å². The molecule has 0 atom stereocenters. The third kappa shape index (κ3) is 16.6. The molecule has 32 heteroatoms. The average molecular weight is 983 g/mol. The Kier molecular flexibility index (Phi) is 24.9. The SMILES string of the molecule is Nc1cc(NCC(=O)[O-])c(S(=O)(=O)[O-])cc1N=Nc1cccc(N=Nc2c(S(=O)(=O)[O-])cc3ccc(N=Nc4cc(S(=O)(=O)[O-])c(NCC(=O)[O-])cc4N)cc3c2O)c1.[Na+].[Na+].[Na+].[Na+].[Na+]. The van der Waals surface area contributed by atoms with Crippen LogP contribution in [0.4, 0.5) is 56.9 Å². The molecule has 24 nitrogen and oxygen atoms in total. The molecule has 7 N–H and O–H groups in total. The van der Waals surface area contributed by atoms with E-state index in [0.29, 0.717) is 0 Å². The first-order valence-corrected chi connectivity index (χ1v) is 20.0. The fraction of sp³-hybridized carbons (Fsp3) is 0.0625. The number of anilines is 4. The van der Waals surface area contributed by atoms with Crippen molar-refractivity contribution in [1.29, 1.82) is 0 Å². The van der Waals surface area contributed by atoms with Crippen LogP contribution in [0, 0.1) is 0 Å². The fourth-order valence-corrected chi connectivity index (χ4v) is 6.95. The molecule has 0 fully saturated rings. The summed E-state index contributed by atoms with van der Waals surface area (Å²) in [6.45, 7) is -1.70. The smallest absolute Gasteiger partial charge is 0.744 e. The number of hydrogen-bond acceptors (Lipinski definition) is 24. The quantitative estimate of drug-likeness (QED) is 0.0281. The third-order valence-electron chi connectivity index (χ3n) is 7.59. The standard InChI is InChI=1S/C32H28N10O14S3.5Na/c33-20-9-24(35-13-29(43)44)26(57(48,49)50)11-22(20)40-37-16-2-1-3-17(7-16)39-42-31-28(59(54,55)56)6-15-4-5-18(8-19(15)32(31)47)38-41-23-12-27(58(51,52)53)25(10-21(23)34)36-14-30(45)46;;;;;/h1-12,35-36,47H,13-14,33-34H2,(H,43,44)(H,45,46)(H,48,49,50)(H,51,52,53)(H,54,55,56);;;;;/q;5*+1/p-5. The normalized spacial score (nSPS) is 11.5. The summed E-state index contributed by atoms with van der Waals surface area (Å²) in [5.74, 6) is -4.07. The van der Waals surface area contributed by atoms with E-state index in [-0.39, 0.29) is 198 Å². The summed E-state index contributed by atoms with van der Waals surface area (Å²) in [6, 6.07) is 13.3. The van der Waals surface area contributed by atoms with Crippen molar-refractivity contribution >= 4 is 110 Å². The van der Waals surface area contributed by atoms with Crippen LogP contribution < -0.4 is 180 Å². The Morgan fingerprint density at radius 1 is 0.547 bits per heavy atom. The van der Waals surface area contributed by atoms with Gasteiger partial charge in [0.15, 0.2) is 5.75 Å². The van der Waals surface area contributed by atoms with Gasteiger partial charge in [0, 0.05) is 5.39 Å². The van der Waals surface area contributed by atoms with Crippen LogP contribution in [-0.4, -0.2) is 69.0 Å². The van der Waals surface area contributed by atoms with Crippen molar-refractivity contribution in [3.63, 3.8) is 0 Å². The van der Waals surface area contributed by atoms with Gasteiger partial charge < -0.3 is 60.7 Å². The van der Waals surface area contributed by atoms with Crippen molar-refractivity contribution in [3.05, 3.63) is 72.8 Å². The predicted octanol–water partition coefficient (Wildman–Crippen LogP) is -13.0. The number of benzene rings is 5. The fourth-order valence-electron chi connectivity index (χ4n) is 5.00. The van der Waals surface area contributed by atoms with Crippen LogP contribution in [0.25, 0.3) is 10.8 Å². The predicted molar refractivity (Wildman–Crippen MR) is 197 cm³/mol. The van der Waals surface area contributed by atoms with Gasteiger partial charge in [0.1, 0.15) is 47.4 Å². The topological polar surface area (TPSA) is 422 Å². The molecule has 5 rings (SSSR count). The molecule has 0 bridgehead atoms. The van der Waals surface area contributed by atoms with E-state index in [1.807, 2.05) is 0 Å². The first kappa shape index (κ1) is 61.8. The molecule has 0 radical (unpaired) electrons. The van der Waals surface area contributed by atoms with Gasteiger partial charge in [-0.15, -0.1) is 15.3 Å². The summed E-state index contributed by atoms with van der Waals surface area (Å²) in [5, 5.41) is 60.3. The Morgan fingerprint density at radius 3 is 1.36 bits per heavy atom. The molecule has 0 heterocycles. The molecule has 0 saturated carbocycles. The van der Waals surface area contributed by atoms with Gasteiger partial charge in [0.25, 0.3) is 0 Å². The largest absolute Gasteiger partial charge is 1.00 e. The van der Waals surface area contributed by atoms with Crippen molar-refractivity contribution in [2.45, 2.75) is 14.7 Å². The van der Waals surface area contributed by atoms with Crippen LogP contribution in [0.3, 0.4) is 0 Å². The number of hydrogen-bond donors (Lipinski definition) is 5. The zero-order valence-corrected chi connectivity index (χ0v) is 46.6. The number of carboxylic acid groups (broad SMARTS) is 2. The first-order valence-electron chi connectivity index (χ1n) is 15.8. The van der Waals surface area contributed by atoms with E-state index in [0.717, 1.165) is 30.3 Å². The Morgan fingerprint density at radius 2 is 0.953 bits per heavy atom. The van der Waals surface area contributed by atoms with E-state index in [4.69, 9.17) is 11.5 Å². The number of nitrogen functional groups attached to an aromatic ring is 2. The van der Waals surface area contributed by atoms with Gasteiger partial charge in [-0.3, -0.25) is 0 Å². The maximum absolute atomic E-state index is 12.2. The number of phenols is 1. The number of phenolic OH excluding ortho intramolecular Hbond substituents is 1. The number of aromatic hydroxyl groups is 1. The molecule has 5 aromatic carbocycles. The minimum atomic E-state index is -5.30. The van der Waals surface area contributed by atoms with Crippen molar-refractivity contribution in [3.8, 4) is 5.75 Å². The second-order valence-electron chi connectivity index (χ2n) is 11.7.